The Hall–Kier alpha value is -1.89. The van der Waals surface area contributed by atoms with E-state index in [0.717, 1.165) is 6.42 Å². The van der Waals surface area contributed by atoms with Crippen LogP contribution in [0.15, 0.2) is 16.8 Å². The predicted octanol–water partition coefficient (Wildman–Crippen LogP) is 3.17. The Morgan fingerprint density at radius 3 is 2.85 bits per heavy atom. The molecule has 0 atom stereocenters. The largest absolute Gasteiger partial charge is 0.364 e. The van der Waals surface area contributed by atoms with Gasteiger partial charge in [-0.15, -0.1) is 0 Å². The molecule has 20 heavy (non-hydrogen) atoms. The molecule has 0 spiro atoms. The van der Waals surface area contributed by atoms with E-state index in [1.807, 2.05) is 19.2 Å². The van der Waals surface area contributed by atoms with Crippen LogP contribution in [0.1, 0.15) is 31.0 Å². The summed E-state index contributed by atoms with van der Waals surface area (Å²) in [5, 5.41) is 22.8. The van der Waals surface area contributed by atoms with Crippen molar-refractivity contribution in [1.29, 1.82) is 0 Å². The minimum absolute atomic E-state index is 0.0222. The molecule has 0 aliphatic carbocycles. The molecule has 0 saturated heterocycles. The number of aryl methyl sites for hydroxylation is 1. The zero-order chi connectivity index (χ0) is 14.7. The zero-order valence-electron chi connectivity index (χ0n) is 11.8. The van der Waals surface area contributed by atoms with Gasteiger partial charge in [-0.05, 0) is 28.8 Å². The quantitative estimate of drug-likeness (QED) is 0.656. The van der Waals surface area contributed by atoms with Crippen LogP contribution in [0.2, 0.25) is 0 Å². The molecule has 0 radical (unpaired) electrons. The molecular formula is C13H18N4O2S. The maximum Gasteiger partial charge on any atom is 0.334 e. The number of anilines is 1. The second-order valence-electron chi connectivity index (χ2n) is 4.93. The Morgan fingerprint density at radius 1 is 1.55 bits per heavy atom. The smallest absolute Gasteiger partial charge is 0.334 e. The summed E-state index contributed by atoms with van der Waals surface area (Å²) in [6, 6.07) is 2.06. The number of hydrogen-bond donors (Lipinski definition) is 1. The van der Waals surface area contributed by atoms with Crippen molar-refractivity contribution in [3.05, 3.63) is 38.2 Å². The topological polar surface area (TPSA) is 73.0 Å². The molecule has 7 heteroatoms. The van der Waals surface area contributed by atoms with Gasteiger partial charge in [0.25, 0.3) is 0 Å². The molecule has 6 nitrogen and oxygen atoms in total. The average Bonchev–Trinajstić information content (AvgIpc) is 2.98. The molecule has 0 aliphatic rings. The van der Waals surface area contributed by atoms with Gasteiger partial charge in [-0.1, -0.05) is 13.8 Å². The molecular weight excluding hydrogens is 276 g/mol. The maximum atomic E-state index is 11.3. The summed E-state index contributed by atoms with van der Waals surface area (Å²) in [5.74, 6) is 0.503. The number of nitrogens with one attached hydrogen (secondary N) is 1. The van der Waals surface area contributed by atoms with Crippen LogP contribution in [0.4, 0.5) is 11.5 Å². The first kappa shape index (κ1) is 14.5. The van der Waals surface area contributed by atoms with E-state index in [-0.39, 0.29) is 16.5 Å². The third kappa shape index (κ3) is 2.98. The zero-order valence-corrected chi connectivity index (χ0v) is 12.6. The summed E-state index contributed by atoms with van der Waals surface area (Å²) < 4.78 is 1.56. The molecule has 0 aromatic carbocycles. The Labute approximate surface area is 121 Å². The van der Waals surface area contributed by atoms with E-state index in [2.05, 4.69) is 21.9 Å². The highest BCUT2D eigenvalue weighted by Gasteiger charge is 2.28. The standard InChI is InChI=1S/C13H18N4O2S/c1-9(2)11-12(17(18)19)13(16(3)15-11)14-6-4-10-5-7-20-8-10/h5,7-9,14H,4,6H2,1-3H3. The molecule has 0 fully saturated rings. The van der Waals surface area contributed by atoms with Crippen molar-refractivity contribution in [3.63, 3.8) is 0 Å². The first-order chi connectivity index (χ1) is 9.50. The van der Waals surface area contributed by atoms with Gasteiger partial charge in [0.05, 0.1) is 4.92 Å². The monoisotopic (exact) mass is 294 g/mol. The van der Waals surface area contributed by atoms with E-state index in [4.69, 9.17) is 0 Å². The van der Waals surface area contributed by atoms with Crippen LogP contribution in [0.3, 0.4) is 0 Å². The highest BCUT2D eigenvalue weighted by atomic mass is 32.1. The van der Waals surface area contributed by atoms with E-state index < -0.39 is 0 Å². The minimum atomic E-state index is -0.352. The normalized spacial score (nSPS) is 11.0. The summed E-state index contributed by atoms with van der Waals surface area (Å²) in [6.07, 6.45) is 0.836. The highest BCUT2D eigenvalue weighted by molar-refractivity contribution is 7.07. The summed E-state index contributed by atoms with van der Waals surface area (Å²) in [5.41, 5.74) is 1.85. The molecule has 2 aromatic rings. The van der Waals surface area contributed by atoms with Crippen molar-refractivity contribution in [2.75, 3.05) is 11.9 Å². The summed E-state index contributed by atoms with van der Waals surface area (Å²) >= 11 is 1.65. The van der Waals surface area contributed by atoms with Crippen molar-refractivity contribution in [2.24, 2.45) is 7.05 Å². The van der Waals surface area contributed by atoms with Crippen LogP contribution >= 0.6 is 11.3 Å². The fourth-order valence-electron chi connectivity index (χ4n) is 2.06. The SMILES string of the molecule is CC(C)c1nn(C)c(NCCc2ccsc2)c1[N+](=O)[O-]. The van der Waals surface area contributed by atoms with E-state index in [1.54, 1.807) is 23.1 Å². The molecule has 2 aromatic heterocycles. The molecule has 0 saturated carbocycles. The van der Waals surface area contributed by atoms with Crippen LogP contribution in [-0.2, 0) is 13.5 Å². The van der Waals surface area contributed by atoms with Crippen LogP contribution in [-0.4, -0.2) is 21.2 Å². The summed E-state index contributed by atoms with van der Waals surface area (Å²) in [4.78, 5) is 10.9. The fourth-order valence-corrected chi connectivity index (χ4v) is 2.76. The van der Waals surface area contributed by atoms with Gasteiger partial charge in [-0.25, -0.2) is 4.68 Å². The molecule has 2 rings (SSSR count). The van der Waals surface area contributed by atoms with E-state index in [0.29, 0.717) is 18.1 Å². The van der Waals surface area contributed by atoms with Crippen LogP contribution < -0.4 is 5.32 Å². The van der Waals surface area contributed by atoms with Crippen molar-refractivity contribution in [2.45, 2.75) is 26.2 Å². The first-order valence-electron chi connectivity index (χ1n) is 6.47. The number of nitro groups is 1. The molecule has 0 unspecified atom stereocenters. The van der Waals surface area contributed by atoms with E-state index >= 15 is 0 Å². The third-order valence-electron chi connectivity index (χ3n) is 3.06. The van der Waals surface area contributed by atoms with Crippen LogP contribution in [0.25, 0.3) is 0 Å². The van der Waals surface area contributed by atoms with Crippen LogP contribution in [0, 0.1) is 10.1 Å². The lowest BCUT2D eigenvalue weighted by Crippen LogP contribution is -2.09. The number of aromatic nitrogens is 2. The predicted molar refractivity (Wildman–Crippen MR) is 80.5 cm³/mol. The summed E-state index contributed by atoms with van der Waals surface area (Å²) in [7, 11) is 1.73. The Balaban J connectivity index is 2.16. The van der Waals surface area contributed by atoms with E-state index in [1.165, 1.54) is 5.56 Å². The summed E-state index contributed by atoms with van der Waals surface area (Å²) in [6.45, 7) is 4.46. The number of rotatable bonds is 6. The number of hydrogen-bond acceptors (Lipinski definition) is 5. The molecule has 0 amide bonds. The van der Waals surface area contributed by atoms with Gasteiger partial charge >= 0.3 is 5.69 Å². The lowest BCUT2D eigenvalue weighted by atomic mass is 10.1. The second-order valence-corrected chi connectivity index (χ2v) is 5.71. The Bertz CT molecular complexity index is 590. The second kappa shape index (κ2) is 6.04. The maximum absolute atomic E-state index is 11.3. The van der Waals surface area contributed by atoms with Gasteiger partial charge in [0, 0.05) is 19.5 Å². The molecule has 1 N–H and O–H groups in total. The van der Waals surface area contributed by atoms with Gasteiger partial charge in [-0.3, -0.25) is 10.1 Å². The van der Waals surface area contributed by atoms with Gasteiger partial charge in [-0.2, -0.15) is 16.4 Å². The van der Waals surface area contributed by atoms with Gasteiger partial charge < -0.3 is 5.32 Å². The van der Waals surface area contributed by atoms with Crippen LogP contribution in [0.5, 0.6) is 0 Å². The Morgan fingerprint density at radius 2 is 2.30 bits per heavy atom. The highest BCUT2D eigenvalue weighted by Crippen LogP contribution is 2.32. The minimum Gasteiger partial charge on any atom is -0.364 e. The van der Waals surface area contributed by atoms with Crippen molar-refractivity contribution in [1.82, 2.24) is 9.78 Å². The van der Waals surface area contributed by atoms with E-state index in [9.17, 15) is 10.1 Å². The molecule has 0 bridgehead atoms. The third-order valence-corrected chi connectivity index (χ3v) is 3.80. The lowest BCUT2D eigenvalue weighted by molar-refractivity contribution is -0.384. The Kier molecular flexibility index (Phi) is 4.39. The molecule has 2 heterocycles. The average molecular weight is 294 g/mol. The lowest BCUT2D eigenvalue weighted by Gasteiger charge is -2.05. The fraction of sp³-hybridized carbons (Fsp3) is 0.462. The van der Waals surface area contributed by atoms with Crippen molar-refractivity contribution < 1.29 is 4.92 Å². The van der Waals surface area contributed by atoms with Gasteiger partial charge in [0.2, 0.25) is 5.82 Å². The first-order valence-corrected chi connectivity index (χ1v) is 7.41. The molecule has 108 valence electrons. The van der Waals surface area contributed by atoms with Gasteiger partial charge in [0.15, 0.2) is 0 Å². The number of nitrogens with zero attached hydrogens (tertiary/aromatic N) is 3. The van der Waals surface area contributed by atoms with Crippen molar-refractivity contribution in [3.8, 4) is 0 Å². The van der Waals surface area contributed by atoms with Gasteiger partial charge in [0.1, 0.15) is 5.69 Å². The molecule has 0 aliphatic heterocycles. The number of thiophene rings is 1. The van der Waals surface area contributed by atoms with Crippen molar-refractivity contribution >= 4 is 22.8 Å².